The zero-order chi connectivity index (χ0) is 28.7. The summed E-state index contributed by atoms with van der Waals surface area (Å²) < 4.78 is 28.7. The number of ether oxygens (including phenoxy) is 2. The van der Waals surface area contributed by atoms with Crippen molar-refractivity contribution in [2.24, 2.45) is 5.41 Å². The maximum absolute atomic E-state index is 16.5. The minimum atomic E-state index is -1.30. The molecular formula is C30H39FN4O4S2. The molecule has 1 amide bonds. The fraction of sp³-hybridized carbons (Fsp3) is 0.533. The number of methoxy groups -OCH3 is 1. The van der Waals surface area contributed by atoms with Crippen LogP contribution in [0.25, 0.3) is 10.9 Å². The molecule has 8 nitrogen and oxygen atoms in total. The summed E-state index contributed by atoms with van der Waals surface area (Å²) >= 11 is 3.59. The Hall–Kier alpha value is -2.28. The van der Waals surface area contributed by atoms with Crippen LogP contribution in [-0.2, 0) is 16.1 Å². The zero-order valence-electron chi connectivity index (χ0n) is 23.5. The topological polar surface area (TPSA) is 87.2 Å². The number of piperidine rings is 1. The summed E-state index contributed by atoms with van der Waals surface area (Å²) in [6.45, 7) is 5.89. The number of thioether (sulfide) groups is 1. The molecule has 41 heavy (non-hydrogen) atoms. The Morgan fingerprint density at radius 3 is 2.76 bits per heavy atom. The van der Waals surface area contributed by atoms with Gasteiger partial charge in [-0.05, 0) is 74.0 Å². The van der Waals surface area contributed by atoms with Crippen LogP contribution >= 0.6 is 23.1 Å². The van der Waals surface area contributed by atoms with E-state index in [1.165, 1.54) is 4.21 Å². The second kappa shape index (κ2) is 14.3. The minimum Gasteiger partial charge on any atom is -0.497 e. The number of rotatable bonds is 12. The van der Waals surface area contributed by atoms with Crippen LogP contribution in [0.3, 0.4) is 0 Å². The maximum atomic E-state index is 16.5. The highest BCUT2D eigenvalue weighted by Crippen LogP contribution is 2.42. The van der Waals surface area contributed by atoms with E-state index in [1.807, 2.05) is 35.4 Å². The van der Waals surface area contributed by atoms with Crippen LogP contribution in [0.1, 0.15) is 43.0 Å². The first-order valence-electron chi connectivity index (χ1n) is 14.2. The number of carbonyl (C=O) groups is 1. The van der Waals surface area contributed by atoms with Crippen molar-refractivity contribution in [3.05, 3.63) is 53.0 Å². The van der Waals surface area contributed by atoms with Crippen LogP contribution in [0.4, 0.5) is 4.39 Å². The van der Waals surface area contributed by atoms with E-state index < -0.39 is 17.5 Å². The molecule has 222 valence electrons. The predicted molar refractivity (Wildman–Crippen MR) is 161 cm³/mol. The third kappa shape index (κ3) is 7.39. The van der Waals surface area contributed by atoms with Crippen molar-refractivity contribution >= 4 is 39.9 Å². The molecule has 0 spiro atoms. The van der Waals surface area contributed by atoms with Gasteiger partial charge in [-0.2, -0.15) is 0 Å². The van der Waals surface area contributed by atoms with Crippen LogP contribution in [0, 0.1) is 5.41 Å². The molecule has 11 heteroatoms. The van der Waals surface area contributed by atoms with Gasteiger partial charge in [-0.15, -0.1) is 23.1 Å². The van der Waals surface area contributed by atoms with Crippen LogP contribution in [0.5, 0.6) is 5.75 Å². The van der Waals surface area contributed by atoms with Gasteiger partial charge in [0, 0.05) is 49.1 Å². The van der Waals surface area contributed by atoms with Crippen molar-refractivity contribution < 1.29 is 23.9 Å². The molecule has 2 aliphatic heterocycles. The Kier molecular flexibility index (Phi) is 10.5. The number of nitrogens with one attached hydrogen (secondary N) is 1. The van der Waals surface area contributed by atoms with Crippen LogP contribution < -0.4 is 10.2 Å². The van der Waals surface area contributed by atoms with Gasteiger partial charge in [-0.25, -0.2) is 9.87 Å². The first-order chi connectivity index (χ1) is 20.0. The number of hydroxylamine groups is 1. The molecule has 3 aromatic rings. The number of aromatic nitrogens is 1. The van der Waals surface area contributed by atoms with E-state index in [-0.39, 0.29) is 6.42 Å². The number of benzene rings is 1. The average Bonchev–Trinajstić information content (AvgIpc) is 3.54. The number of fused-ring (bicyclic) bond motifs is 1. The minimum absolute atomic E-state index is 0.175. The molecule has 1 atom stereocenters. The fourth-order valence-corrected chi connectivity index (χ4v) is 7.80. The Morgan fingerprint density at radius 2 is 2.05 bits per heavy atom. The number of carbonyl (C=O) groups excluding carboxylic acids is 1. The number of amides is 1. The molecule has 0 radical (unpaired) electrons. The van der Waals surface area contributed by atoms with Crippen molar-refractivity contribution in [1.82, 2.24) is 20.3 Å². The molecule has 2 aliphatic rings. The van der Waals surface area contributed by atoms with E-state index >= 15 is 4.39 Å². The van der Waals surface area contributed by atoms with Gasteiger partial charge in [0.05, 0.1) is 35.5 Å². The molecule has 5 rings (SSSR count). The molecule has 2 saturated heterocycles. The zero-order valence-corrected chi connectivity index (χ0v) is 25.2. The molecular weight excluding hydrogens is 563 g/mol. The predicted octanol–water partition coefficient (Wildman–Crippen LogP) is 5.31. The molecule has 1 aromatic carbocycles. The van der Waals surface area contributed by atoms with E-state index in [9.17, 15) is 10.0 Å². The number of nitrogens with zero attached hydrogens (tertiary/aromatic N) is 3. The molecule has 0 bridgehead atoms. The quantitative estimate of drug-likeness (QED) is 0.164. The Balaban J connectivity index is 1.30. The Labute approximate surface area is 249 Å². The van der Waals surface area contributed by atoms with Crippen molar-refractivity contribution in [3.8, 4) is 5.75 Å². The first-order valence-corrected chi connectivity index (χ1v) is 16.1. The summed E-state index contributed by atoms with van der Waals surface area (Å²) in [5.74, 6) is 1.22. The molecule has 2 fully saturated rings. The highest BCUT2D eigenvalue weighted by atomic mass is 32.2. The van der Waals surface area contributed by atoms with E-state index in [4.69, 9.17) is 9.47 Å². The second-order valence-electron chi connectivity index (χ2n) is 10.8. The summed E-state index contributed by atoms with van der Waals surface area (Å²) in [5.41, 5.74) is 3.27. The number of pyridine rings is 1. The highest BCUT2D eigenvalue weighted by molar-refractivity contribution is 8.01. The lowest BCUT2D eigenvalue weighted by molar-refractivity contribution is -0.143. The van der Waals surface area contributed by atoms with Gasteiger partial charge in [0.15, 0.2) is 0 Å². The number of hydrogen-bond donors (Lipinski definition) is 2. The monoisotopic (exact) mass is 602 g/mol. The molecule has 4 heterocycles. The fourth-order valence-electron chi connectivity index (χ4n) is 5.94. The number of hydrogen-bond acceptors (Lipinski definition) is 9. The highest BCUT2D eigenvalue weighted by Gasteiger charge is 2.41. The normalized spacial score (nSPS) is 18.8. The summed E-state index contributed by atoms with van der Waals surface area (Å²) in [7, 11) is 1.60. The smallest absolute Gasteiger partial charge is 0.249 e. The van der Waals surface area contributed by atoms with Crippen molar-refractivity contribution in [2.45, 2.75) is 42.6 Å². The van der Waals surface area contributed by atoms with Gasteiger partial charge in [-0.3, -0.25) is 19.9 Å². The summed E-state index contributed by atoms with van der Waals surface area (Å²) in [5, 5.41) is 12.4. The van der Waals surface area contributed by atoms with Gasteiger partial charge in [-0.1, -0.05) is 6.07 Å². The van der Waals surface area contributed by atoms with Gasteiger partial charge < -0.3 is 14.4 Å². The third-order valence-electron chi connectivity index (χ3n) is 8.43. The lowest BCUT2D eigenvalue weighted by Gasteiger charge is -2.40. The third-order valence-corrected chi connectivity index (χ3v) is 10.5. The second-order valence-corrected chi connectivity index (χ2v) is 13.2. The molecule has 2 aromatic heterocycles. The van der Waals surface area contributed by atoms with E-state index in [0.717, 1.165) is 49.4 Å². The molecule has 0 saturated carbocycles. The summed E-state index contributed by atoms with van der Waals surface area (Å²) in [6.07, 6.45) is 2.18. The van der Waals surface area contributed by atoms with Crippen LogP contribution in [-0.4, -0.2) is 84.7 Å². The Bertz CT molecular complexity index is 1280. The van der Waals surface area contributed by atoms with Gasteiger partial charge in [0.2, 0.25) is 5.91 Å². The van der Waals surface area contributed by atoms with Crippen molar-refractivity contribution in [2.75, 3.05) is 58.8 Å². The lowest BCUT2D eigenvalue weighted by Crippen LogP contribution is -2.48. The maximum Gasteiger partial charge on any atom is 0.249 e. The molecule has 0 aliphatic carbocycles. The van der Waals surface area contributed by atoms with Crippen LogP contribution in [0.2, 0.25) is 0 Å². The summed E-state index contributed by atoms with van der Waals surface area (Å²) in [6, 6.07) is 9.74. The Morgan fingerprint density at radius 1 is 1.24 bits per heavy atom. The number of alkyl halides is 1. The SMILES string of the molecule is COc1ccc2ncc(CN3CCOCC3)c([C@H](F)CCC3(C(=O)NO)CCN(CCSc4cccs4)CC3)c2c1. The van der Waals surface area contributed by atoms with Gasteiger partial charge in [0.1, 0.15) is 11.9 Å². The standard InChI is InChI=1S/C30H39FN4O4S2/c1-38-23-4-5-26-24(19-23)28(22(20-32-26)21-35-12-15-39-16-13-35)25(31)6-7-30(29(36)33-37)8-10-34(11-9-30)14-18-41-27-3-2-17-40-27/h2-5,17,19-20,25,37H,6-16,18,21H2,1H3,(H,33,36)/t25-/m1/s1. The average molecular weight is 603 g/mol. The van der Waals surface area contributed by atoms with Crippen LogP contribution in [0.15, 0.2) is 46.1 Å². The number of morpholine rings is 1. The van der Waals surface area contributed by atoms with E-state index in [1.54, 1.807) is 24.6 Å². The van der Waals surface area contributed by atoms with Gasteiger partial charge in [0.25, 0.3) is 0 Å². The largest absolute Gasteiger partial charge is 0.497 e. The number of likely N-dealkylation sites (tertiary alicyclic amines) is 1. The molecule has 2 N–H and O–H groups in total. The molecule has 0 unspecified atom stereocenters. The van der Waals surface area contributed by atoms with E-state index in [0.29, 0.717) is 55.9 Å². The van der Waals surface area contributed by atoms with Gasteiger partial charge >= 0.3 is 0 Å². The lowest BCUT2D eigenvalue weighted by atomic mass is 9.73. The number of halogens is 1. The van der Waals surface area contributed by atoms with Crippen molar-refractivity contribution in [3.63, 3.8) is 0 Å². The van der Waals surface area contributed by atoms with Crippen molar-refractivity contribution in [1.29, 1.82) is 0 Å². The summed E-state index contributed by atoms with van der Waals surface area (Å²) in [4.78, 5) is 22.2. The number of thiophene rings is 1. The first kappa shape index (κ1) is 30.2. The van der Waals surface area contributed by atoms with E-state index in [2.05, 4.69) is 32.3 Å².